The molecular weight excluding hydrogens is 591 g/mol. The van der Waals surface area contributed by atoms with E-state index in [1.54, 1.807) is 54.6 Å². The second-order valence-electron chi connectivity index (χ2n) is 9.18. The molecular formula is C32H24BrFN2O5. The molecule has 5 rings (SSSR count). The quantitative estimate of drug-likeness (QED) is 0.182. The first-order valence-electron chi connectivity index (χ1n) is 12.6. The average Bonchev–Trinajstić information content (AvgIpc) is 2.97. The molecule has 1 aliphatic rings. The number of urea groups is 1. The number of nitrogens with zero attached hydrogens (tertiary/aromatic N) is 1. The molecule has 0 spiro atoms. The third-order valence-electron chi connectivity index (χ3n) is 6.48. The van der Waals surface area contributed by atoms with Crippen molar-refractivity contribution in [3.8, 4) is 11.5 Å². The number of carbonyl (C=O) groups excluding carboxylic acids is 3. The van der Waals surface area contributed by atoms with Crippen LogP contribution in [0.25, 0.3) is 6.08 Å². The lowest BCUT2D eigenvalue weighted by molar-refractivity contribution is -0.122. The Balaban J connectivity index is 1.38. The first-order chi connectivity index (χ1) is 19.8. The molecule has 1 fully saturated rings. The fourth-order valence-corrected chi connectivity index (χ4v) is 4.99. The topological polar surface area (TPSA) is 84.9 Å². The van der Waals surface area contributed by atoms with Crippen LogP contribution in [0.5, 0.6) is 11.5 Å². The third kappa shape index (κ3) is 6.20. The predicted octanol–water partition coefficient (Wildman–Crippen LogP) is 6.43. The first kappa shape index (κ1) is 27.8. The SMILES string of the molecule is COc1cc(/C=C2\C(=O)NC(=O)N(c3ccc(OCc4ccccc4)cc3)C2=O)cc(Br)c1Cc1ccccc1F. The van der Waals surface area contributed by atoms with Crippen molar-refractivity contribution in [2.24, 2.45) is 0 Å². The average molecular weight is 615 g/mol. The molecule has 0 unspecified atom stereocenters. The number of methoxy groups -OCH3 is 1. The maximum atomic E-state index is 14.3. The van der Waals surface area contributed by atoms with Crippen molar-refractivity contribution < 1.29 is 28.2 Å². The van der Waals surface area contributed by atoms with Crippen LogP contribution in [0.3, 0.4) is 0 Å². The zero-order valence-corrected chi connectivity index (χ0v) is 23.5. The Morgan fingerprint density at radius 3 is 2.34 bits per heavy atom. The van der Waals surface area contributed by atoms with Crippen LogP contribution in [-0.4, -0.2) is 25.0 Å². The van der Waals surface area contributed by atoms with E-state index in [-0.39, 0.29) is 23.5 Å². The number of benzene rings is 4. The molecule has 9 heteroatoms. The summed E-state index contributed by atoms with van der Waals surface area (Å²) in [4.78, 5) is 39.7. The van der Waals surface area contributed by atoms with E-state index in [0.29, 0.717) is 39.3 Å². The Bertz CT molecular complexity index is 1650. The van der Waals surface area contributed by atoms with Crippen LogP contribution in [0.2, 0.25) is 0 Å². The molecule has 0 aliphatic carbocycles. The highest BCUT2D eigenvalue weighted by atomic mass is 79.9. The van der Waals surface area contributed by atoms with E-state index in [1.807, 2.05) is 30.3 Å². The van der Waals surface area contributed by atoms with Gasteiger partial charge in [-0.1, -0.05) is 64.5 Å². The maximum Gasteiger partial charge on any atom is 0.335 e. The van der Waals surface area contributed by atoms with E-state index in [4.69, 9.17) is 9.47 Å². The summed E-state index contributed by atoms with van der Waals surface area (Å²) < 4.78 is 26.2. The molecule has 0 atom stereocenters. The van der Waals surface area contributed by atoms with Gasteiger partial charge in [0.2, 0.25) is 0 Å². The van der Waals surface area contributed by atoms with E-state index < -0.39 is 17.8 Å². The fraction of sp³-hybridized carbons (Fsp3) is 0.0938. The maximum absolute atomic E-state index is 14.3. The lowest BCUT2D eigenvalue weighted by Gasteiger charge is -2.26. The molecule has 41 heavy (non-hydrogen) atoms. The van der Waals surface area contributed by atoms with Crippen molar-refractivity contribution in [2.75, 3.05) is 12.0 Å². The smallest absolute Gasteiger partial charge is 0.335 e. The Labute approximate surface area is 244 Å². The number of imide groups is 2. The molecule has 1 saturated heterocycles. The number of hydrogen-bond acceptors (Lipinski definition) is 5. The van der Waals surface area contributed by atoms with Crippen molar-refractivity contribution in [3.05, 3.63) is 129 Å². The summed E-state index contributed by atoms with van der Waals surface area (Å²) in [5, 5.41) is 2.23. The largest absolute Gasteiger partial charge is 0.496 e. The van der Waals surface area contributed by atoms with Gasteiger partial charge in [0.05, 0.1) is 12.8 Å². The monoisotopic (exact) mass is 614 g/mol. The van der Waals surface area contributed by atoms with Crippen LogP contribution in [-0.2, 0) is 22.6 Å². The minimum Gasteiger partial charge on any atom is -0.496 e. The summed E-state index contributed by atoms with van der Waals surface area (Å²) in [5.74, 6) is -0.927. The molecule has 4 aromatic carbocycles. The van der Waals surface area contributed by atoms with Crippen molar-refractivity contribution in [1.82, 2.24) is 5.32 Å². The van der Waals surface area contributed by atoms with Crippen LogP contribution in [0.15, 0.2) is 101 Å². The molecule has 0 radical (unpaired) electrons. The summed E-state index contributed by atoms with van der Waals surface area (Å²) in [7, 11) is 1.48. The van der Waals surface area contributed by atoms with E-state index in [9.17, 15) is 18.8 Å². The highest BCUT2D eigenvalue weighted by Gasteiger charge is 2.37. The molecule has 1 heterocycles. The van der Waals surface area contributed by atoms with Crippen molar-refractivity contribution in [1.29, 1.82) is 0 Å². The fourth-order valence-electron chi connectivity index (χ4n) is 4.39. The van der Waals surface area contributed by atoms with Gasteiger partial charge in [0.15, 0.2) is 0 Å². The highest BCUT2D eigenvalue weighted by molar-refractivity contribution is 9.10. The van der Waals surface area contributed by atoms with Crippen molar-refractivity contribution in [2.45, 2.75) is 13.0 Å². The molecule has 7 nitrogen and oxygen atoms in total. The van der Waals surface area contributed by atoms with E-state index in [2.05, 4.69) is 21.2 Å². The first-order valence-corrected chi connectivity index (χ1v) is 13.4. The van der Waals surface area contributed by atoms with E-state index in [1.165, 1.54) is 19.3 Å². The zero-order valence-electron chi connectivity index (χ0n) is 21.9. The number of amides is 4. The van der Waals surface area contributed by atoms with Crippen LogP contribution in [0.1, 0.15) is 22.3 Å². The molecule has 0 bridgehead atoms. The van der Waals surface area contributed by atoms with Gasteiger partial charge in [-0.05, 0) is 65.2 Å². The van der Waals surface area contributed by atoms with Gasteiger partial charge in [-0.15, -0.1) is 0 Å². The van der Waals surface area contributed by atoms with Crippen molar-refractivity contribution >= 4 is 45.5 Å². The van der Waals surface area contributed by atoms with E-state index >= 15 is 0 Å². The molecule has 0 saturated carbocycles. The number of nitrogens with one attached hydrogen (secondary N) is 1. The second-order valence-corrected chi connectivity index (χ2v) is 10.0. The van der Waals surface area contributed by atoms with Gasteiger partial charge < -0.3 is 9.47 Å². The summed E-state index contributed by atoms with van der Waals surface area (Å²) >= 11 is 3.51. The van der Waals surface area contributed by atoms with Crippen LogP contribution in [0, 0.1) is 5.82 Å². The van der Waals surface area contributed by atoms with Gasteiger partial charge in [0.25, 0.3) is 11.8 Å². The van der Waals surface area contributed by atoms with Crippen LogP contribution < -0.4 is 19.7 Å². The molecule has 0 aromatic heterocycles. The minimum absolute atomic E-state index is 0.232. The number of carbonyl (C=O) groups is 3. The Kier molecular flexibility index (Phi) is 8.26. The van der Waals surface area contributed by atoms with Gasteiger partial charge in [0.1, 0.15) is 29.5 Å². The van der Waals surface area contributed by atoms with E-state index in [0.717, 1.165) is 10.5 Å². The molecule has 1 N–H and O–H groups in total. The van der Waals surface area contributed by atoms with Gasteiger partial charge >= 0.3 is 6.03 Å². The highest BCUT2D eigenvalue weighted by Crippen LogP contribution is 2.33. The van der Waals surface area contributed by atoms with Crippen molar-refractivity contribution in [3.63, 3.8) is 0 Å². The molecule has 4 amide bonds. The summed E-state index contributed by atoms with van der Waals surface area (Å²) in [5.41, 5.74) is 2.71. The standard InChI is InChI=1S/C32H24BrFN2O5/c1-40-29-17-21(16-27(33)25(29)18-22-9-5-6-10-28(22)34)15-26-30(37)35-32(39)36(31(26)38)23-11-13-24(14-12-23)41-19-20-7-3-2-4-8-20/h2-17H,18-19H2,1H3,(H,35,37,39)/b26-15+. The summed E-state index contributed by atoms with van der Waals surface area (Å²) in [6.45, 7) is 0.364. The number of halogens is 2. The zero-order chi connectivity index (χ0) is 28.9. The summed E-state index contributed by atoms with van der Waals surface area (Å²) in [6, 6.07) is 25.0. The number of hydrogen-bond donors (Lipinski definition) is 1. The number of barbiturate groups is 1. The number of anilines is 1. The second kappa shape index (κ2) is 12.2. The van der Waals surface area contributed by atoms with Gasteiger partial charge in [-0.3, -0.25) is 14.9 Å². The van der Waals surface area contributed by atoms with Gasteiger partial charge in [0, 0.05) is 16.5 Å². The van der Waals surface area contributed by atoms with Gasteiger partial charge in [-0.2, -0.15) is 0 Å². The lowest BCUT2D eigenvalue weighted by Crippen LogP contribution is -2.54. The molecule has 4 aromatic rings. The Morgan fingerprint density at radius 1 is 0.927 bits per heavy atom. The predicted molar refractivity (Wildman–Crippen MR) is 156 cm³/mol. The van der Waals surface area contributed by atoms with Crippen LogP contribution >= 0.6 is 15.9 Å². The lowest BCUT2D eigenvalue weighted by atomic mass is 10.00. The summed E-state index contributed by atoms with van der Waals surface area (Å²) in [6.07, 6.45) is 1.65. The third-order valence-corrected chi connectivity index (χ3v) is 7.19. The Morgan fingerprint density at radius 2 is 1.63 bits per heavy atom. The number of rotatable bonds is 8. The normalized spacial score (nSPS) is 14.3. The number of ether oxygens (including phenoxy) is 2. The van der Waals surface area contributed by atoms with Gasteiger partial charge in [-0.25, -0.2) is 14.1 Å². The molecule has 1 aliphatic heterocycles. The Hall–Kier alpha value is -4.76. The molecule has 206 valence electrons. The van der Waals surface area contributed by atoms with Crippen LogP contribution in [0.4, 0.5) is 14.9 Å². The minimum atomic E-state index is -0.853.